The number of carbonyl (C=O) groups is 2. The fourth-order valence-electron chi connectivity index (χ4n) is 3.03. The van der Waals surface area contributed by atoms with Crippen molar-refractivity contribution in [3.63, 3.8) is 0 Å². The molecule has 17 heavy (non-hydrogen) atoms. The maximum Gasteiger partial charge on any atom is 0.337 e. The molecule has 2 rings (SSSR count). The number of aliphatic hydroxyl groups is 1. The van der Waals surface area contributed by atoms with Gasteiger partial charge in [-0.05, 0) is 18.3 Å². The fourth-order valence-corrected chi connectivity index (χ4v) is 3.03. The Bertz CT molecular complexity index is 396. The quantitative estimate of drug-likeness (QED) is 0.711. The summed E-state index contributed by atoms with van der Waals surface area (Å²) in [6, 6.07) is 0. The zero-order chi connectivity index (χ0) is 12.6. The molecule has 0 aromatic heterocycles. The summed E-state index contributed by atoms with van der Waals surface area (Å²) in [6.07, 6.45) is 3.07. The van der Waals surface area contributed by atoms with Crippen molar-refractivity contribution in [3.8, 4) is 0 Å². The van der Waals surface area contributed by atoms with Crippen molar-refractivity contribution in [1.29, 1.82) is 0 Å². The average Bonchev–Trinajstić information content (AvgIpc) is 2.31. The van der Waals surface area contributed by atoms with Crippen LogP contribution in [0.2, 0.25) is 0 Å². The highest BCUT2D eigenvalue weighted by molar-refractivity contribution is 5.92. The van der Waals surface area contributed by atoms with Gasteiger partial charge in [0.1, 0.15) is 11.5 Å². The minimum absolute atomic E-state index is 0.0519. The van der Waals surface area contributed by atoms with E-state index in [2.05, 4.69) is 6.92 Å². The zero-order valence-electron chi connectivity index (χ0n) is 10.3. The predicted molar refractivity (Wildman–Crippen MR) is 61.4 cm³/mol. The smallest absolute Gasteiger partial charge is 0.337 e. The second kappa shape index (κ2) is 4.17. The van der Waals surface area contributed by atoms with Gasteiger partial charge in [-0.15, -0.1) is 0 Å². The second-order valence-electron chi connectivity index (χ2n) is 5.30. The van der Waals surface area contributed by atoms with Gasteiger partial charge in [0.2, 0.25) is 0 Å². The predicted octanol–water partition coefficient (Wildman–Crippen LogP) is 2.14. The minimum atomic E-state index is -0.492. The van der Waals surface area contributed by atoms with Gasteiger partial charge in [0.05, 0.1) is 12.7 Å². The van der Waals surface area contributed by atoms with Gasteiger partial charge in [-0.25, -0.2) is 4.79 Å². The second-order valence-corrected chi connectivity index (χ2v) is 5.30. The van der Waals surface area contributed by atoms with Crippen LogP contribution in [-0.4, -0.2) is 24.0 Å². The van der Waals surface area contributed by atoms with Crippen molar-refractivity contribution in [1.82, 2.24) is 0 Å². The first-order valence-electron chi connectivity index (χ1n) is 6.00. The number of ketones is 1. The van der Waals surface area contributed by atoms with Gasteiger partial charge in [-0.2, -0.15) is 0 Å². The summed E-state index contributed by atoms with van der Waals surface area (Å²) < 4.78 is 4.72. The highest BCUT2D eigenvalue weighted by Crippen LogP contribution is 2.51. The lowest BCUT2D eigenvalue weighted by molar-refractivity contribution is -0.138. The Kier molecular flexibility index (Phi) is 2.98. The molecule has 0 bridgehead atoms. The van der Waals surface area contributed by atoms with Crippen LogP contribution in [0.4, 0.5) is 0 Å². The summed E-state index contributed by atoms with van der Waals surface area (Å²) in [5.74, 6) is -0.393. The van der Waals surface area contributed by atoms with Crippen LogP contribution in [0.25, 0.3) is 0 Å². The Labute approximate surface area is 101 Å². The van der Waals surface area contributed by atoms with E-state index < -0.39 is 5.97 Å². The normalized spacial score (nSPS) is 33.3. The van der Waals surface area contributed by atoms with Crippen LogP contribution >= 0.6 is 0 Å². The van der Waals surface area contributed by atoms with E-state index in [1.165, 1.54) is 7.11 Å². The fraction of sp³-hybridized carbons (Fsp3) is 0.692. The van der Waals surface area contributed by atoms with Crippen molar-refractivity contribution in [2.45, 2.75) is 39.0 Å². The molecule has 4 nitrogen and oxygen atoms in total. The standard InChI is InChI=1S/C13H18O4/c1-13-5-3-8(14)7-9(13)11(12(16)17-2)10(15)4-6-13/h9,15H,3-7H2,1-2H3/t9-,13+/m1/s1. The summed E-state index contributed by atoms with van der Waals surface area (Å²) in [4.78, 5) is 23.3. The zero-order valence-corrected chi connectivity index (χ0v) is 10.3. The van der Waals surface area contributed by atoms with Crippen molar-refractivity contribution in [3.05, 3.63) is 11.3 Å². The maximum atomic E-state index is 11.7. The van der Waals surface area contributed by atoms with E-state index in [9.17, 15) is 14.7 Å². The van der Waals surface area contributed by atoms with Crippen LogP contribution < -0.4 is 0 Å². The number of hydrogen-bond donors (Lipinski definition) is 1. The molecule has 0 radical (unpaired) electrons. The van der Waals surface area contributed by atoms with Gasteiger partial charge in [0.25, 0.3) is 0 Å². The van der Waals surface area contributed by atoms with Gasteiger partial charge in [-0.3, -0.25) is 4.79 Å². The van der Waals surface area contributed by atoms with Gasteiger partial charge in [-0.1, -0.05) is 6.92 Å². The lowest BCUT2D eigenvalue weighted by atomic mass is 9.59. The summed E-state index contributed by atoms with van der Waals surface area (Å²) in [6.45, 7) is 2.10. The van der Waals surface area contributed by atoms with Crippen LogP contribution in [0.15, 0.2) is 11.3 Å². The molecule has 0 saturated heterocycles. The molecule has 94 valence electrons. The molecule has 0 aromatic rings. The molecule has 1 fully saturated rings. The van der Waals surface area contributed by atoms with E-state index in [0.717, 1.165) is 12.8 Å². The number of carbonyl (C=O) groups excluding carboxylic acids is 2. The van der Waals surface area contributed by atoms with E-state index in [0.29, 0.717) is 24.8 Å². The van der Waals surface area contributed by atoms with Crippen molar-refractivity contribution < 1.29 is 19.4 Å². The number of hydrogen-bond acceptors (Lipinski definition) is 4. The van der Waals surface area contributed by atoms with Gasteiger partial charge in [0.15, 0.2) is 0 Å². The van der Waals surface area contributed by atoms with Gasteiger partial charge < -0.3 is 9.84 Å². The lowest BCUT2D eigenvalue weighted by Gasteiger charge is -2.44. The molecule has 2 aliphatic rings. The highest BCUT2D eigenvalue weighted by atomic mass is 16.5. The number of fused-ring (bicyclic) bond motifs is 1. The number of allylic oxidation sites excluding steroid dienone is 1. The molecule has 0 unspecified atom stereocenters. The Morgan fingerprint density at radius 1 is 1.41 bits per heavy atom. The van der Waals surface area contributed by atoms with E-state index in [-0.39, 0.29) is 22.9 Å². The number of ether oxygens (including phenoxy) is 1. The van der Waals surface area contributed by atoms with Crippen LogP contribution in [0, 0.1) is 11.3 Å². The SMILES string of the molecule is COC(=O)C1=C(O)CC[C@]2(C)CCC(=O)C[C@H]12. The number of methoxy groups -OCH3 is 1. The van der Waals surface area contributed by atoms with Gasteiger partial charge >= 0.3 is 5.97 Å². The molecule has 0 amide bonds. The van der Waals surface area contributed by atoms with Crippen molar-refractivity contribution in [2.75, 3.05) is 7.11 Å². The molecule has 4 heteroatoms. The number of Topliss-reactive ketones (excluding diaryl/α,β-unsaturated/α-hetero) is 1. The summed E-state index contributed by atoms with van der Waals surface area (Å²) in [7, 11) is 1.30. The first-order chi connectivity index (χ1) is 7.98. The Balaban J connectivity index is 2.39. The first-order valence-corrected chi connectivity index (χ1v) is 6.00. The summed E-state index contributed by atoms with van der Waals surface area (Å²) in [5, 5.41) is 9.88. The Morgan fingerprint density at radius 2 is 2.06 bits per heavy atom. The Hall–Kier alpha value is -1.32. The van der Waals surface area contributed by atoms with Crippen LogP contribution in [-0.2, 0) is 14.3 Å². The van der Waals surface area contributed by atoms with Crippen LogP contribution in [0.1, 0.15) is 39.0 Å². The first kappa shape index (κ1) is 12.1. The number of esters is 1. The van der Waals surface area contributed by atoms with E-state index in [4.69, 9.17) is 4.74 Å². The molecule has 0 spiro atoms. The molecular weight excluding hydrogens is 220 g/mol. The van der Waals surface area contributed by atoms with E-state index >= 15 is 0 Å². The number of rotatable bonds is 1. The molecule has 0 aliphatic heterocycles. The van der Waals surface area contributed by atoms with Crippen molar-refractivity contribution >= 4 is 11.8 Å². The third-order valence-electron chi connectivity index (χ3n) is 4.25. The Morgan fingerprint density at radius 3 is 2.71 bits per heavy atom. The van der Waals surface area contributed by atoms with Crippen molar-refractivity contribution in [2.24, 2.45) is 11.3 Å². The van der Waals surface area contributed by atoms with Gasteiger partial charge in [0, 0.05) is 25.2 Å². The molecular formula is C13H18O4. The number of aliphatic hydroxyl groups excluding tert-OH is 1. The molecule has 2 aliphatic carbocycles. The molecule has 1 N–H and O–H groups in total. The largest absolute Gasteiger partial charge is 0.512 e. The molecule has 2 atom stereocenters. The average molecular weight is 238 g/mol. The summed E-state index contributed by atoms with van der Waals surface area (Å²) >= 11 is 0. The molecule has 0 aromatic carbocycles. The molecule has 1 saturated carbocycles. The van der Waals surface area contributed by atoms with Crippen LogP contribution in [0.3, 0.4) is 0 Å². The molecule has 0 heterocycles. The highest BCUT2D eigenvalue weighted by Gasteiger charge is 2.47. The third-order valence-corrected chi connectivity index (χ3v) is 4.25. The van der Waals surface area contributed by atoms with E-state index in [1.54, 1.807) is 0 Å². The monoisotopic (exact) mass is 238 g/mol. The topological polar surface area (TPSA) is 63.6 Å². The van der Waals surface area contributed by atoms with Crippen LogP contribution in [0.5, 0.6) is 0 Å². The lowest BCUT2D eigenvalue weighted by Crippen LogP contribution is -2.41. The minimum Gasteiger partial charge on any atom is -0.512 e. The third kappa shape index (κ3) is 1.96. The maximum absolute atomic E-state index is 11.7. The summed E-state index contributed by atoms with van der Waals surface area (Å²) in [5.41, 5.74) is 0.276. The van der Waals surface area contributed by atoms with E-state index in [1.807, 2.05) is 0 Å².